The molecule has 0 bridgehead atoms. The van der Waals surface area contributed by atoms with E-state index in [0.29, 0.717) is 5.56 Å². The van der Waals surface area contributed by atoms with Gasteiger partial charge in [0.2, 0.25) is 5.91 Å². The Bertz CT molecular complexity index is 445. The van der Waals surface area contributed by atoms with Crippen LogP contribution in [-0.4, -0.2) is 43.6 Å². The number of nitrogens with zero attached hydrogens (tertiary/aromatic N) is 1. The van der Waals surface area contributed by atoms with Gasteiger partial charge in [-0.2, -0.15) is 0 Å². The summed E-state index contributed by atoms with van der Waals surface area (Å²) in [6.45, 7) is 5.03. The highest BCUT2D eigenvalue weighted by atomic mass is 19.1. The van der Waals surface area contributed by atoms with E-state index in [1.807, 2.05) is 4.90 Å². The summed E-state index contributed by atoms with van der Waals surface area (Å²) >= 11 is 0. The minimum Gasteiger partial charge on any atom is -0.490 e. The van der Waals surface area contributed by atoms with E-state index in [1.54, 1.807) is 25.1 Å². The predicted molar refractivity (Wildman–Crippen MR) is 70.7 cm³/mol. The maximum atomic E-state index is 13.7. The fourth-order valence-corrected chi connectivity index (χ4v) is 2.05. The molecule has 1 amide bonds. The van der Waals surface area contributed by atoms with Crippen molar-refractivity contribution in [3.8, 4) is 5.75 Å². The predicted octanol–water partition coefficient (Wildman–Crippen LogP) is 1.33. The molecule has 1 N–H and O–H groups in total. The number of hydrogen-bond acceptors (Lipinski definition) is 3. The average molecular weight is 266 g/mol. The number of carbonyl (C=O) groups is 1. The summed E-state index contributed by atoms with van der Waals surface area (Å²) in [5, 5.41) is 3.19. The van der Waals surface area contributed by atoms with Gasteiger partial charge in [-0.05, 0) is 18.6 Å². The lowest BCUT2D eigenvalue weighted by Gasteiger charge is -2.27. The van der Waals surface area contributed by atoms with Crippen LogP contribution < -0.4 is 10.1 Å². The van der Waals surface area contributed by atoms with Crippen LogP contribution in [0.3, 0.4) is 0 Å². The van der Waals surface area contributed by atoms with Crippen LogP contribution in [0.1, 0.15) is 12.0 Å². The molecule has 1 aliphatic rings. The molecular weight excluding hydrogens is 247 g/mol. The van der Waals surface area contributed by atoms with Gasteiger partial charge in [0.05, 0.1) is 13.0 Å². The normalized spacial score (nSPS) is 15.4. The third-order valence-electron chi connectivity index (χ3n) is 3.20. The fourth-order valence-electron chi connectivity index (χ4n) is 2.05. The molecule has 0 saturated carbocycles. The molecule has 0 unspecified atom stereocenters. The Morgan fingerprint density at radius 1 is 1.42 bits per heavy atom. The highest BCUT2D eigenvalue weighted by Crippen LogP contribution is 2.19. The van der Waals surface area contributed by atoms with Crippen molar-refractivity contribution in [2.24, 2.45) is 0 Å². The van der Waals surface area contributed by atoms with Gasteiger partial charge in [-0.25, -0.2) is 4.39 Å². The van der Waals surface area contributed by atoms with E-state index >= 15 is 0 Å². The number of ether oxygens (including phenoxy) is 1. The van der Waals surface area contributed by atoms with Crippen molar-refractivity contribution in [3.05, 3.63) is 29.6 Å². The minimum atomic E-state index is -0.350. The monoisotopic (exact) mass is 266 g/mol. The van der Waals surface area contributed by atoms with E-state index < -0.39 is 0 Å². The zero-order valence-electron chi connectivity index (χ0n) is 11.1. The largest absolute Gasteiger partial charge is 0.490 e. The zero-order valence-corrected chi connectivity index (χ0v) is 11.1. The van der Waals surface area contributed by atoms with Crippen LogP contribution in [0.5, 0.6) is 5.75 Å². The number of carbonyl (C=O) groups excluding carboxylic acids is 1. The Morgan fingerprint density at radius 2 is 2.16 bits per heavy atom. The van der Waals surface area contributed by atoms with Crippen molar-refractivity contribution in [1.29, 1.82) is 0 Å². The molecule has 0 radical (unpaired) electrons. The molecule has 1 heterocycles. The molecule has 1 aromatic rings. The first-order valence-electron chi connectivity index (χ1n) is 6.55. The molecule has 0 atom stereocenters. The molecule has 1 fully saturated rings. The van der Waals surface area contributed by atoms with Crippen LogP contribution >= 0.6 is 0 Å². The first kappa shape index (κ1) is 13.8. The van der Waals surface area contributed by atoms with Gasteiger partial charge in [0.15, 0.2) is 11.6 Å². The molecule has 0 spiro atoms. The highest BCUT2D eigenvalue weighted by Gasteiger charge is 2.16. The molecule has 0 aromatic heterocycles. The Labute approximate surface area is 112 Å². The van der Waals surface area contributed by atoms with Gasteiger partial charge in [-0.1, -0.05) is 12.1 Å². The lowest BCUT2D eigenvalue weighted by molar-refractivity contribution is -0.132. The Morgan fingerprint density at radius 3 is 2.89 bits per heavy atom. The van der Waals surface area contributed by atoms with Gasteiger partial charge in [0.25, 0.3) is 0 Å². The maximum absolute atomic E-state index is 13.7. The third kappa shape index (κ3) is 3.67. The summed E-state index contributed by atoms with van der Waals surface area (Å²) < 4.78 is 19.0. The van der Waals surface area contributed by atoms with Crippen molar-refractivity contribution in [3.63, 3.8) is 0 Å². The molecule has 104 valence electrons. The smallest absolute Gasteiger partial charge is 0.226 e. The van der Waals surface area contributed by atoms with E-state index in [0.717, 1.165) is 26.2 Å². The molecule has 1 aliphatic heterocycles. The second-order valence-corrected chi connectivity index (χ2v) is 4.62. The van der Waals surface area contributed by atoms with E-state index in [1.165, 1.54) is 0 Å². The number of benzene rings is 1. The van der Waals surface area contributed by atoms with Crippen molar-refractivity contribution in [2.45, 2.75) is 13.3 Å². The number of nitrogens with one attached hydrogen (secondary N) is 1. The number of amides is 1. The Hall–Kier alpha value is -1.62. The van der Waals surface area contributed by atoms with Gasteiger partial charge in [-0.3, -0.25) is 4.79 Å². The van der Waals surface area contributed by atoms with Crippen LogP contribution in [0, 0.1) is 12.7 Å². The van der Waals surface area contributed by atoms with Gasteiger partial charge >= 0.3 is 0 Å². The number of hydrogen-bond donors (Lipinski definition) is 1. The SMILES string of the molecule is Cc1cccc(OCCC(=O)N2CCNCC2)c1F. The third-order valence-corrected chi connectivity index (χ3v) is 3.20. The second kappa shape index (κ2) is 6.52. The molecule has 5 heteroatoms. The molecule has 4 nitrogen and oxygen atoms in total. The van der Waals surface area contributed by atoms with Crippen molar-refractivity contribution >= 4 is 5.91 Å². The van der Waals surface area contributed by atoms with Crippen molar-refractivity contribution in [1.82, 2.24) is 10.2 Å². The summed E-state index contributed by atoms with van der Waals surface area (Å²) in [5.74, 6) is -0.0696. The summed E-state index contributed by atoms with van der Waals surface area (Å²) in [7, 11) is 0. The lowest BCUT2D eigenvalue weighted by atomic mass is 10.2. The van der Waals surface area contributed by atoms with Gasteiger partial charge in [0, 0.05) is 26.2 Å². The quantitative estimate of drug-likeness (QED) is 0.894. The molecule has 2 rings (SSSR count). The Balaban J connectivity index is 1.79. The average Bonchev–Trinajstić information content (AvgIpc) is 2.44. The van der Waals surface area contributed by atoms with E-state index in [9.17, 15) is 9.18 Å². The molecule has 19 heavy (non-hydrogen) atoms. The van der Waals surface area contributed by atoms with Crippen LogP contribution in [0.15, 0.2) is 18.2 Å². The molecule has 1 saturated heterocycles. The first-order chi connectivity index (χ1) is 9.18. The van der Waals surface area contributed by atoms with Crippen molar-refractivity contribution < 1.29 is 13.9 Å². The van der Waals surface area contributed by atoms with Gasteiger partial charge in [-0.15, -0.1) is 0 Å². The van der Waals surface area contributed by atoms with Gasteiger partial charge < -0.3 is 15.0 Å². The van der Waals surface area contributed by atoms with Crippen molar-refractivity contribution in [2.75, 3.05) is 32.8 Å². The molecular formula is C14H19FN2O2. The maximum Gasteiger partial charge on any atom is 0.226 e. The fraction of sp³-hybridized carbons (Fsp3) is 0.500. The van der Waals surface area contributed by atoms with E-state index in [4.69, 9.17) is 4.74 Å². The standard InChI is InChI=1S/C14H19FN2O2/c1-11-3-2-4-12(14(11)15)19-10-5-13(18)17-8-6-16-7-9-17/h2-4,16H,5-10H2,1H3. The number of halogens is 1. The van der Waals surface area contributed by atoms with Crippen LogP contribution in [0.25, 0.3) is 0 Å². The first-order valence-corrected chi connectivity index (χ1v) is 6.55. The Kier molecular flexibility index (Phi) is 4.74. The highest BCUT2D eigenvalue weighted by molar-refractivity contribution is 5.76. The summed E-state index contributed by atoms with van der Waals surface area (Å²) in [6.07, 6.45) is 0.285. The van der Waals surface area contributed by atoms with E-state index in [2.05, 4.69) is 5.32 Å². The van der Waals surface area contributed by atoms with Crippen LogP contribution in [0.2, 0.25) is 0 Å². The number of aryl methyl sites for hydroxylation is 1. The van der Waals surface area contributed by atoms with Gasteiger partial charge in [0.1, 0.15) is 0 Å². The number of rotatable bonds is 4. The molecule has 0 aliphatic carbocycles. The summed E-state index contributed by atoms with van der Waals surface area (Å²) in [5.41, 5.74) is 0.547. The minimum absolute atomic E-state index is 0.0644. The topological polar surface area (TPSA) is 41.6 Å². The van der Waals surface area contributed by atoms with Crippen LogP contribution in [0.4, 0.5) is 4.39 Å². The summed E-state index contributed by atoms with van der Waals surface area (Å²) in [6, 6.07) is 5.01. The zero-order chi connectivity index (χ0) is 13.7. The molecule has 1 aromatic carbocycles. The number of piperazine rings is 1. The van der Waals surface area contributed by atoms with E-state index in [-0.39, 0.29) is 30.5 Å². The second-order valence-electron chi connectivity index (χ2n) is 4.62. The summed E-state index contributed by atoms with van der Waals surface area (Å²) in [4.78, 5) is 13.7. The lowest BCUT2D eigenvalue weighted by Crippen LogP contribution is -2.46. The van der Waals surface area contributed by atoms with Crippen LogP contribution in [-0.2, 0) is 4.79 Å².